The molecule has 1 aromatic heterocycles. The fourth-order valence-electron chi connectivity index (χ4n) is 2.25. The highest BCUT2D eigenvalue weighted by molar-refractivity contribution is 5.89. The molecule has 2 aromatic rings. The molecule has 23 heavy (non-hydrogen) atoms. The fraction of sp³-hybridized carbons (Fsp3) is 0.300. The van der Waals surface area contributed by atoms with E-state index in [-0.39, 0.29) is 0 Å². The van der Waals surface area contributed by atoms with Crippen LogP contribution in [-0.4, -0.2) is 11.6 Å². The van der Waals surface area contributed by atoms with Gasteiger partial charge >= 0.3 is 0 Å². The molecule has 3 heteroatoms. The Morgan fingerprint density at radius 3 is 2.65 bits per heavy atom. The van der Waals surface area contributed by atoms with Crippen molar-refractivity contribution in [3.8, 4) is 11.8 Å². The van der Waals surface area contributed by atoms with Crippen molar-refractivity contribution in [3.05, 3.63) is 59.9 Å². The highest BCUT2D eigenvalue weighted by Gasteiger charge is 2.01. The molecule has 0 fully saturated rings. The van der Waals surface area contributed by atoms with Crippen LogP contribution in [0, 0.1) is 11.3 Å². The van der Waals surface area contributed by atoms with Gasteiger partial charge in [-0.2, -0.15) is 5.26 Å². The molecule has 0 aliphatic carbocycles. The Balaban J connectivity index is 1.96. The van der Waals surface area contributed by atoms with Gasteiger partial charge in [0.2, 0.25) is 0 Å². The molecule has 2 rings (SSSR count). The van der Waals surface area contributed by atoms with Crippen LogP contribution < -0.4 is 4.74 Å². The van der Waals surface area contributed by atoms with Gasteiger partial charge in [-0.25, -0.2) is 0 Å². The van der Waals surface area contributed by atoms with Gasteiger partial charge in [-0.1, -0.05) is 44.4 Å². The molecule has 0 atom stereocenters. The van der Waals surface area contributed by atoms with E-state index in [0.717, 1.165) is 29.9 Å². The third-order valence-corrected chi connectivity index (χ3v) is 3.55. The number of benzene rings is 1. The number of hydrogen-bond acceptors (Lipinski definition) is 3. The molecular weight excluding hydrogens is 284 g/mol. The quantitative estimate of drug-likeness (QED) is 0.503. The molecule has 0 N–H and O–H groups in total. The molecule has 0 radical (unpaired) electrons. The monoisotopic (exact) mass is 306 g/mol. The van der Waals surface area contributed by atoms with Crippen LogP contribution in [0.2, 0.25) is 0 Å². The number of unbranched alkanes of at least 4 members (excludes halogenated alkanes) is 3. The smallest absolute Gasteiger partial charge is 0.119 e. The van der Waals surface area contributed by atoms with Crippen LogP contribution in [0.15, 0.2) is 48.8 Å². The summed E-state index contributed by atoms with van der Waals surface area (Å²) < 4.78 is 5.73. The van der Waals surface area contributed by atoms with Gasteiger partial charge in [0.1, 0.15) is 5.75 Å². The Bertz CT molecular complexity index is 654. The van der Waals surface area contributed by atoms with Crippen molar-refractivity contribution >= 4 is 11.6 Å². The van der Waals surface area contributed by atoms with Gasteiger partial charge in [0, 0.05) is 18.0 Å². The van der Waals surface area contributed by atoms with Crippen LogP contribution in [0.25, 0.3) is 11.6 Å². The Hall–Kier alpha value is -2.60. The summed E-state index contributed by atoms with van der Waals surface area (Å²) in [6.07, 6.45) is 10.1. The maximum atomic E-state index is 9.31. The normalized spacial score (nSPS) is 11.0. The fourth-order valence-corrected chi connectivity index (χ4v) is 2.25. The minimum Gasteiger partial charge on any atom is -0.494 e. The lowest BCUT2D eigenvalue weighted by molar-refractivity contribution is 0.305. The van der Waals surface area contributed by atoms with Gasteiger partial charge in [-0.3, -0.25) is 4.98 Å². The Labute approximate surface area is 138 Å². The van der Waals surface area contributed by atoms with Gasteiger partial charge in [-0.05, 0) is 36.3 Å². The van der Waals surface area contributed by atoms with E-state index < -0.39 is 0 Å². The highest BCUT2D eigenvalue weighted by Crippen LogP contribution is 2.19. The maximum Gasteiger partial charge on any atom is 0.119 e. The zero-order chi connectivity index (χ0) is 16.3. The lowest BCUT2D eigenvalue weighted by atomic mass is 10.1. The molecule has 1 aromatic carbocycles. The van der Waals surface area contributed by atoms with Crippen molar-refractivity contribution in [3.63, 3.8) is 0 Å². The zero-order valence-corrected chi connectivity index (χ0v) is 13.5. The number of nitrogens with zero attached hydrogens (tertiary/aromatic N) is 2. The van der Waals surface area contributed by atoms with Crippen molar-refractivity contribution < 1.29 is 4.74 Å². The molecule has 0 aliphatic heterocycles. The second-order valence-electron chi connectivity index (χ2n) is 5.39. The molecule has 0 aliphatic rings. The number of aromatic nitrogens is 1. The molecule has 0 unspecified atom stereocenters. The van der Waals surface area contributed by atoms with Crippen LogP contribution in [0.4, 0.5) is 0 Å². The molecule has 0 amide bonds. The van der Waals surface area contributed by atoms with Crippen LogP contribution in [0.3, 0.4) is 0 Å². The third kappa shape index (κ3) is 5.60. The maximum absolute atomic E-state index is 9.31. The largest absolute Gasteiger partial charge is 0.494 e. The van der Waals surface area contributed by atoms with E-state index >= 15 is 0 Å². The van der Waals surface area contributed by atoms with E-state index in [0.29, 0.717) is 5.57 Å². The first kappa shape index (κ1) is 16.8. The van der Waals surface area contributed by atoms with E-state index in [1.54, 1.807) is 12.4 Å². The molecular formula is C20H22N2O. The topological polar surface area (TPSA) is 45.9 Å². The van der Waals surface area contributed by atoms with Crippen LogP contribution in [0.1, 0.15) is 43.7 Å². The van der Waals surface area contributed by atoms with Gasteiger partial charge in [0.05, 0.1) is 18.2 Å². The summed E-state index contributed by atoms with van der Waals surface area (Å²) in [6, 6.07) is 13.8. The van der Waals surface area contributed by atoms with E-state index in [1.165, 1.54) is 19.3 Å². The van der Waals surface area contributed by atoms with Gasteiger partial charge in [-0.15, -0.1) is 0 Å². The standard InChI is InChI=1S/C20H22N2O/c1-2-3-4-5-13-23-20-10-8-17(9-11-20)14-19(15-21)18-7-6-12-22-16-18/h6-12,14,16H,2-5,13H2,1H3/b19-14+. The molecule has 0 saturated heterocycles. The second kappa shape index (κ2) is 9.42. The Kier molecular flexibility index (Phi) is 6.87. The lowest BCUT2D eigenvalue weighted by Crippen LogP contribution is -1.96. The lowest BCUT2D eigenvalue weighted by Gasteiger charge is -2.06. The van der Waals surface area contributed by atoms with Crippen LogP contribution >= 0.6 is 0 Å². The van der Waals surface area contributed by atoms with Crippen molar-refractivity contribution in [2.75, 3.05) is 6.61 Å². The average molecular weight is 306 g/mol. The van der Waals surface area contributed by atoms with Crippen molar-refractivity contribution in [1.82, 2.24) is 4.98 Å². The minimum absolute atomic E-state index is 0.603. The summed E-state index contributed by atoms with van der Waals surface area (Å²) in [5.41, 5.74) is 2.40. The Morgan fingerprint density at radius 2 is 2.00 bits per heavy atom. The second-order valence-corrected chi connectivity index (χ2v) is 5.39. The number of hydrogen-bond donors (Lipinski definition) is 0. The summed E-state index contributed by atoms with van der Waals surface area (Å²) in [5, 5.41) is 9.31. The molecule has 0 spiro atoms. The highest BCUT2D eigenvalue weighted by atomic mass is 16.5. The first-order valence-electron chi connectivity index (χ1n) is 8.08. The number of nitriles is 1. The van der Waals surface area contributed by atoms with Crippen LogP contribution in [0.5, 0.6) is 5.75 Å². The van der Waals surface area contributed by atoms with E-state index in [1.807, 2.05) is 42.5 Å². The number of ether oxygens (including phenoxy) is 1. The summed E-state index contributed by atoms with van der Waals surface area (Å²) in [4.78, 5) is 4.05. The van der Waals surface area contributed by atoms with Gasteiger partial charge in [0.15, 0.2) is 0 Å². The summed E-state index contributed by atoms with van der Waals surface area (Å²) in [6.45, 7) is 2.96. The minimum atomic E-state index is 0.603. The predicted molar refractivity (Wildman–Crippen MR) is 93.8 cm³/mol. The van der Waals surface area contributed by atoms with E-state index in [2.05, 4.69) is 18.0 Å². The summed E-state index contributed by atoms with van der Waals surface area (Å²) in [5.74, 6) is 0.874. The van der Waals surface area contributed by atoms with Gasteiger partial charge < -0.3 is 4.74 Å². The summed E-state index contributed by atoms with van der Waals surface area (Å²) in [7, 11) is 0. The number of pyridine rings is 1. The average Bonchev–Trinajstić information content (AvgIpc) is 2.61. The molecule has 0 bridgehead atoms. The summed E-state index contributed by atoms with van der Waals surface area (Å²) >= 11 is 0. The number of allylic oxidation sites excluding steroid dienone is 1. The molecule has 3 nitrogen and oxygen atoms in total. The van der Waals surface area contributed by atoms with Crippen molar-refractivity contribution in [1.29, 1.82) is 5.26 Å². The molecule has 1 heterocycles. The number of rotatable bonds is 8. The molecule has 0 saturated carbocycles. The first-order valence-corrected chi connectivity index (χ1v) is 8.08. The van der Waals surface area contributed by atoms with E-state index in [9.17, 15) is 5.26 Å². The molecule has 118 valence electrons. The van der Waals surface area contributed by atoms with E-state index in [4.69, 9.17) is 4.74 Å². The van der Waals surface area contributed by atoms with Crippen molar-refractivity contribution in [2.45, 2.75) is 32.6 Å². The third-order valence-electron chi connectivity index (χ3n) is 3.55. The van der Waals surface area contributed by atoms with Gasteiger partial charge in [0.25, 0.3) is 0 Å². The predicted octanol–water partition coefficient (Wildman–Crippen LogP) is 5.10. The van der Waals surface area contributed by atoms with Crippen molar-refractivity contribution in [2.24, 2.45) is 0 Å². The first-order chi connectivity index (χ1) is 11.3. The Morgan fingerprint density at radius 1 is 1.17 bits per heavy atom. The van der Waals surface area contributed by atoms with Crippen LogP contribution in [-0.2, 0) is 0 Å². The SMILES string of the molecule is CCCCCCOc1ccc(/C=C(\C#N)c2cccnc2)cc1. The zero-order valence-electron chi connectivity index (χ0n) is 13.5.